The highest BCUT2D eigenvalue weighted by atomic mass is 15.0. The smallest absolute Gasteiger partial charge is 0.0541 e. The zero-order chi connectivity index (χ0) is 34.4. The number of hydrogen-bond donors (Lipinski definition) is 0. The van der Waals surface area contributed by atoms with Gasteiger partial charge in [-0.1, -0.05) is 86.3 Å². The maximum absolute atomic E-state index is 2.53. The van der Waals surface area contributed by atoms with Crippen LogP contribution in [-0.2, 0) is 10.8 Å². The lowest BCUT2D eigenvalue weighted by atomic mass is 9.72. The van der Waals surface area contributed by atoms with Gasteiger partial charge in [-0.3, -0.25) is 0 Å². The van der Waals surface area contributed by atoms with Crippen molar-refractivity contribution in [3.63, 3.8) is 0 Å². The third-order valence-electron chi connectivity index (χ3n) is 12.7. The fourth-order valence-corrected chi connectivity index (χ4v) is 10.4. The van der Waals surface area contributed by atoms with E-state index < -0.39 is 0 Å². The van der Waals surface area contributed by atoms with Gasteiger partial charge in [-0.05, 0) is 134 Å². The number of nitrogens with zero attached hydrogens (tertiary/aromatic N) is 2. The van der Waals surface area contributed by atoms with Crippen molar-refractivity contribution in [1.29, 1.82) is 0 Å². The second-order valence-electron chi connectivity index (χ2n) is 16.7. The summed E-state index contributed by atoms with van der Waals surface area (Å²) in [6.45, 7) is 18.8. The van der Waals surface area contributed by atoms with E-state index in [2.05, 4.69) is 174 Å². The molecule has 2 aromatic heterocycles. The Balaban J connectivity index is 1.13. The molecule has 2 nitrogen and oxygen atoms in total. The van der Waals surface area contributed by atoms with E-state index >= 15 is 0 Å². The quantitative estimate of drug-likeness (QED) is 0.177. The minimum atomic E-state index is -0.0200. The molecule has 2 heteroatoms. The lowest BCUT2D eigenvalue weighted by molar-refractivity contribution is 0.349. The number of aromatic nitrogens is 2. The van der Waals surface area contributed by atoms with Crippen LogP contribution in [0.3, 0.4) is 0 Å². The van der Waals surface area contributed by atoms with Crippen molar-refractivity contribution in [3.8, 4) is 11.4 Å². The molecule has 10 rings (SSSR count). The summed E-state index contributed by atoms with van der Waals surface area (Å²) in [5, 5.41) is 5.33. The highest BCUT2D eigenvalue weighted by Crippen LogP contribution is 2.67. The molecule has 0 fully saturated rings. The predicted molar refractivity (Wildman–Crippen MR) is 212 cm³/mol. The monoisotopic (exact) mass is 648 g/mol. The molecule has 2 atom stereocenters. The van der Waals surface area contributed by atoms with Crippen LogP contribution in [0.4, 0.5) is 0 Å². The Labute approximate surface area is 295 Å². The Hall–Kier alpha value is -5.08. The Morgan fingerprint density at radius 2 is 0.680 bits per heavy atom. The fourth-order valence-electron chi connectivity index (χ4n) is 10.4. The molecular formula is C48H44N2. The molecule has 2 aliphatic rings. The van der Waals surface area contributed by atoms with E-state index in [4.69, 9.17) is 0 Å². The van der Waals surface area contributed by atoms with Crippen LogP contribution in [0.2, 0.25) is 0 Å². The Morgan fingerprint density at radius 3 is 0.980 bits per heavy atom. The Bertz CT molecular complexity index is 2450. The number of fused-ring (bicyclic) bond motifs is 11. The zero-order valence-electron chi connectivity index (χ0n) is 30.4. The van der Waals surface area contributed by atoms with Gasteiger partial charge in [0.2, 0.25) is 0 Å². The second-order valence-corrected chi connectivity index (χ2v) is 16.7. The van der Waals surface area contributed by atoms with Crippen molar-refractivity contribution in [2.24, 2.45) is 0 Å². The summed E-state index contributed by atoms with van der Waals surface area (Å²) in [5.41, 5.74) is 18.8. The van der Waals surface area contributed by atoms with E-state index in [1.807, 2.05) is 0 Å². The molecule has 2 unspecified atom stereocenters. The van der Waals surface area contributed by atoms with E-state index in [1.165, 1.54) is 99.5 Å². The highest BCUT2D eigenvalue weighted by molar-refractivity contribution is 6.10. The van der Waals surface area contributed by atoms with Gasteiger partial charge < -0.3 is 9.13 Å². The molecule has 0 saturated heterocycles. The van der Waals surface area contributed by atoms with Crippen molar-refractivity contribution in [3.05, 3.63) is 154 Å². The fraction of sp³-hybridized carbons (Fsp3) is 0.250. The highest BCUT2D eigenvalue weighted by Gasteiger charge is 2.58. The third kappa shape index (κ3) is 3.80. The summed E-state index contributed by atoms with van der Waals surface area (Å²) in [7, 11) is 0. The Kier molecular flexibility index (Phi) is 5.83. The maximum Gasteiger partial charge on any atom is 0.0541 e. The molecule has 50 heavy (non-hydrogen) atoms. The molecule has 8 aromatic rings. The van der Waals surface area contributed by atoms with Crippen molar-refractivity contribution in [2.45, 2.75) is 78.1 Å². The van der Waals surface area contributed by atoms with Crippen LogP contribution in [0.1, 0.15) is 84.0 Å². The summed E-state index contributed by atoms with van der Waals surface area (Å²) in [6, 6.07) is 42.4. The van der Waals surface area contributed by atoms with E-state index in [9.17, 15) is 0 Å². The molecule has 6 aromatic carbocycles. The van der Waals surface area contributed by atoms with Crippen LogP contribution in [0, 0.1) is 27.7 Å². The van der Waals surface area contributed by atoms with Gasteiger partial charge in [-0.15, -0.1) is 0 Å². The first kappa shape index (κ1) is 29.8. The lowest BCUT2D eigenvalue weighted by Gasteiger charge is -2.31. The normalized spacial score (nSPS) is 18.7. The van der Waals surface area contributed by atoms with Gasteiger partial charge in [0.15, 0.2) is 0 Å². The summed E-state index contributed by atoms with van der Waals surface area (Å²) >= 11 is 0. The van der Waals surface area contributed by atoms with Crippen molar-refractivity contribution in [2.75, 3.05) is 0 Å². The number of rotatable bonds is 2. The van der Waals surface area contributed by atoms with E-state index in [1.54, 1.807) is 0 Å². The van der Waals surface area contributed by atoms with E-state index in [0.29, 0.717) is 11.8 Å². The lowest BCUT2D eigenvalue weighted by Crippen LogP contribution is -2.25. The first-order valence-electron chi connectivity index (χ1n) is 18.3. The molecule has 0 radical (unpaired) electrons. The SMILES string of the molecule is Cc1ccc2c(c1)c1cc(C)ccc1n2-c1ccc2c(c1)C(C)(C)C1c3ccc(-n4c5ccc(C)cc5c5cc(C)ccc54)cc3C(C)(C)C21. The molecule has 246 valence electrons. The zero-order valence-corrected chi connectivity index (χ0v) is 30.4. The van der Waals surface area contributed by atoms with E-state index in [-0.39, 0.29) is 10.8 Å². The van der Waals surface area contributed by atoms with E-state index in [0.717, 1.165) is 0 Å². The van der Waals surface area contributed by atoms with Crippen LogP contribution < -0.4 is 0 Å². The average molecular weight is 649 g/mol. The largest absolute Gasteiger partial charge is 0.309 e. The number of hydrogen-bond acceptors (Lipinski definition) is 0. The molecule has 2 heterocycles. The van der Waals surface area contributed by atoms with Crippen LogP contribution in [-0.4, -0.2) is 9.13 Å². The third-order valence-corrected chi connectivity index (χ3v) is 12.7. The first-order chi connectivity index (χ1) is 23.9. The summed E-state index contributed by atoms with van der Waals surface area (Å²) in [5.74, 6) is 0.831. The van der Waals surface area contributed by atoms with Crippen LogP contribution in [0.25, 0.3) is 55.0 Å². The molecule has 0 spiro atoms. The van der Waals surface area contributed by atoms with Crippen molar-refractivity contribution < 1.29 is 0 Å². The van der Waals surface area contributed by atoms with Crippen LogP contribution in [0.5, 0.6) is 0 Å². The van der Waals surface area contributed by atoms with Crippen LogP contribution in [0.15, 0.2) is 109 Å². The predicted octanol–water partition coefficient (Wildman–Crippen LogP) is 12.6. The van der Waals surface area contributed by atoms with Gasteiger partial charge >= 0.3 is 0 Å². The Morgan fingerprint density at radius 1 is 0.380 bits per heavy atom. The molecule has 2 aliphatic carbocycles. The topological polar surface area (TPSA) is 9.86 Å². The van der Waals surface area contributed by atoms with Gasteiger partial charge in [-0.2, -0.15) is 0 Å². The van der Waals surface area contributed by atoms with Gasteiger partial charge in [0.25, 0.3) is 0 Å². The summed E-state index contributed by atoms with van der Waals surface area (Å²) in [6.07, 6.45) is 0. The summed E-state index contributed by atoms with van der Waals surface area (Å²) < 4.78 is 4.99. The van der Waals surface area contributed by atoms with Gasteiger partial charge in [0.1, 0.15) is 0 Å². The standard InChI is InChI=1S/C48H44N2/c1-27-9-17-41-35(21-27)36-22-28(2)10-18-42(36)49(41)31-13-15-33-39(25-31)47(5,6)46-34-16-14-32(26-40(34)48(7,8)45(33)46)50-43-19-11-29(3)23-37(43)38-24-30(4)12-20-44(38)50/h9-26,45-46H,1-8H3. The summed E-state index contributed by atoms with van der Waals surface area (Å²) in [4.78, 5) is 0. The molecule has 0 N–H and O–H groups in total. The molecule has 0 bridgehead atoms. The van der Waals surface area contributed by atoms with Gasteiger partial charge in [0, 0.05) is 44.8 Å². The maximum atomic E-state index is 2.53. The number of benzene rings is 6. The molecular weight excluding hydrogens is 605 g/mol. The van der Waals surface area contributed by atoms with Gasteiger partial charge in [0.05, 0.1) is 22.1 Å². The van der Waals surface area contributed by atoms with Gasteiger partial charge in [-0.25, -0.2) is 0 Å². The molecule has 0 saturated carbocycles. The van der Waals surface area contributed by atoms with Crippen molar-refractivity contribution >= 4 is 43.6 Å². The van der Waals surface area contributed by atoms with Crippen molar-refractivity contribution in [1.82, 2.24) is 9.13 Å². The minimum absolute atomic E-state index is 0.0200. The minimum Gasteiger partial charge on any atom is -0.309 e. The molecule has 0 aliphatic heterocycles. The number of aryl methyl sites for hydroxylation is 4. The average Bonchev–Trinajstić information content (AvgIpc) is 3.73. The van der Waals surface area contributed by atoms with Crippen LogP contribution >= 0.6 is 0 Å². The second kappa shape index (κ2) is 9.79. The molecule has 0 amide bonds. The first-order valence-corrected chi connectivity index (χ1v) is 18.3.